The summed E-state index contributed by atoms with van der Waals surface area (Å²) in [4.78, 5) is 16.8. The van der Waals surface area contributed by atoms with Gasteiger partial charge in [-0.1, -0.05) is 13.0 Å². The standard InChI is InChI=1S/C32H43NO7/c1-29-10-7-24-25(32(29,37)13-9-23(29)21-15-28(35)40-18-21)8-12-31(36)16-22(34)6-11-30(24,31)19-33-17-20-4-5-26(38-2)27(14-20)39-3/h4-5,14-15,19,22-25,34,36-37H,6-13,16-18H2,1-3H3/t22-,23-,24+,25-,29-,30+,31+,32-/m1/s1. The summed E-state index contributed by atoms with van der Waals surface area (Å²) in [5, 5.41) is 35.4. The molecule has 40 heavy (non-hydrogen) atoms. The molecule has 8 atom stereocenters. The van der Waals surface area contributed by atoms with Crippen LogP contribution in [0.3, 0.4) is 0 Å². The fraction of sp³-hybridized carbons (Fsp3) is 0.688. The Hall–Kier alpha value is -2.42. The molecule has 0 spiro atoms. The summed E-state index contributed by atoms with van der Waals surface area (Å²) in [6.45, 7) is 2.96. The lowest BCUT2D eigenvalue weighted by Crippen LogP contribution is -2.68. The Morgan fingerprint density at radius 1 is 1.02 bits per heavy atom. The second kappa shape index (κ2) is 9.85. The molecule has 0 amide bonds. The number of cyclic esters (lactones) is 1. The van der Waals surface area contributed by atoms with Crippen LogP contribution in [0.5, 0.6) is 11.5 Å². The Balaban J connectivity index is 1.33. The zero-order valence-corrected chi connectivity index (χ0v) is 23.9. The average molecular weight is 554 g/mol. The van der Waals surface area contributed by atoms with E-state index in [1.54, 1.807) is 20.3 Å². The van der Waals surface area contributed by atoms with E-state index >= 15 is 0 Å². The lowest BCUT2D eigenvalue weighted by molar-refractivity contribution is -0.237. The fourth-order valence-corrected chi connectivity index (χ4v) is 9.65. The van der Waals surface area contributed by atoms with Crippen molar-refractivity contribution in [3.8, 4) is 11.5 Å². The van der Waals surface area contributed by atoms with Crippen molar-refractivity contribution < 1.29 is 34.3 Å². The van der Waals surface area contributed by atoms with Gasteiger partial charge in [-0.2, -0.15) is 0 Å². The van der Waals surface area contributed by atoms with Crippen molar-refractivity contribution in [1.82, 2.24) is 0 Å². The van der Waals surface area contributed by atoms with E-state index in [9.17, 15) is 20.1 Å². The van der Waals surface area contributed by atoms with Gasteiger partial charge in [0.25, 0.3) is 0 Å². The number of fused-ring (bicyclic) bond motifs is 5. The molecule has 0 bridgehead atoms. The number of ether oxygens (including phenoxy) is 3. The molecule has 0 saturated heterocycles. The van der Waals surface area contributed by atoms with Gasteiger partial charge in [0.15, 0.2) is 11.5 Å². The van der Waals surface area contributed by atoms with Crippen molar-refractivity contribution in [3.05, 3.63) is 35.4 Å². The highest BCUT2D eigenvalue weighted by atomic mass is 16.5. The summed E-state index contributed by atoms with van der Waals surface area (Å²) in [6.07, 6.45) is 9.12. The molecule has 0 unspecified atom stereocenters. The Kier molecular flexibility index (Phi) is 6.83. The first-order chi connectivity index (χ1) is 19.1. The lowest BCUT2D eigenvalue weighted by atomic mass is 9.41. The predicted octanol–water partition coefficient (Wildman–Crippen LogP) is 3.99. The maximum atomic E-state index is 12.6. The highest BCUT2D eigenvalue weighted by molar-refractivity contribution is 5.85. The first kappa shape index (κ1) is 27.7. The summed E-state index contributed by atoms with van der Waals surface area (Å²) in [6, 6.07) is 5.77. The van der Waals surface area contributed by atoms with Crippen LogP contribution >= 0.6 is 0 Å². The Morgan fingerprint density at radius 2 is 1.80 bits per heavy atom. The molecule has 4 aliphatic carbocycles. The highest BCUT2D eigenvalue weighted by Crippen LogP contribution is 2.70. The van der Waals surface area contributed by atoms with Gasteiger partial charge in [0.1, 0.15) is 6.61 Å². The molecule has 0 radical (unpaired) electrons. The van der Waals surface area contributed by atoms with E-state index in [1.165, 1.54) is 0 Å². The van der Waals surface area contributed by atoms with Crippen molar-refractivity contribution in [2.75, 3.05) is 20.8 Å². The van der Waals surface area contributed by atoms with Crippen molar-refractivity contribution in [2.45, 2.75) is 88.6 Å². The first-order valence-corrected chi connectivity index (χ1v) is 14.8. The molecule has 4 saturated carbocycles. The second-order valence-electron chi connectivity index (χ2n) is 13.2. The van der Waals surface area contributed by atoms with Gasteiger partial charge < -0.3 is 29.5 Å². The van der Waals surface area contributed by atoms with Crippen LogP contribution in [-0.2, 0) is 16.1 Å². The third kappa shape index (κ3) is 3.97. The minimum atomic E-state index is -1.07. The molecule has 218 valence electrons. The maximum Gasteiger partial charge on any atom is 0.331 e. The van der Waals surface area contributed by atoms with E-state index < -0.39 is 22.7 Å². The number of carbonyl (C=O) groups excluding carboxylic acids is 1. The summed E-state index contributed by atoms with van der Waals surface area (Å²) >= 11 is 0. The molecule has 6 rings (SSSR count). The van der Waals surface area contributed by atoms with E-state index in [0.29, 0.717) is 63.2 Å². The lowest BCUT2D eigenvalue weighted by Gasteiger charge is -2.65. The van der Waals surface area contributed by atoms with Gasteiger partial charge in [-0.25, -0.2) is 4.79 Å². The van der Waals surface area contributed by atoms with E-state index in [-0.39, 0.29) is 29.1 Å². The number of hydrogen-bond donors (Lipinski definition) is 3. The largest absolute Gasteiger partial charge is 0.493 e. The van der Waals surface area contributed by atoms with Crippen LogP contribution in [0.2, 0.25) is 0 Å². The van der Waals surface area contributed by atoms with Crippen LogP contribution in [0.15, 0.2) is 34.8 Å². The third-order valence-electron chi connectivity index (χ3n) is 11.7. The number of carbonyl (C=O) groups is 1. The number of aliphatic hydroxyl groups is 3. The van der Waals surface area contributed by atoms with Crippen LogP contribution in [0.25, 0.3) is 0 Å². The van der Waals surface area contributed by atoms with Crippen molar-refractivity contribution in [3.63, 3.8) is 0 Å². The Labute approximate surface area is 236 Å². The predicted molar refractivity (Wildman–Crippen MR) is 149 cm³/mol. The molecule has 1 aromatic carbocycles. The molecular formula is C32H43NO7. The zero-order chi connectivity index (χ0) is 28.3. The van der Waals surface area contributed by atoms with Crippen LogP contribution in [0.1, 0.15) is 70.3 Å². The summed E-state index contributed by atoms with van der Waals surface area (Å²) in [7, 11) is 3.23. The van der Waals surface area contributed by atoms with Gasteiger partial charge >= 0.3 is 5.97 Å². The number of aliphatic imine (C=N–C) groups is 1. The van der Waals surface area contributed by atoms with Gasteiger partial charge in [-0.15, -0.1) is 0 Å². The van der Waals surface area contributed by atoms with Gasteiger partial charge in [-0.3, -0.25) is 4.99 Å². The van der Waals surface area contributed by atoms with Crippen LogP contribution in [-0.4, -0.2) is 65.6 Å². The molecule has 0 aromatic heterocycles. The average Bonchev–Trinajstić information content (AvgIpc) is 3.48. The van der Waals surface area contributed by atoms with E-state index in [1.807, 2.05) is 24.4 Å². The van der Waals surface area contributed by atoms with Crippen LogP contribution < -0.4 is 9.47 Å². The van der Waals surface area contributed by atoms with Gasteiger partial charge in [0.05, 0.1) is 38.1 Å². The molecule has 4 fully saturated rings. The number of esters is 1. The number of aliphatic hydroxyl groups excluding tert-OH is 1. The summed E-state index contributed by atoms with van der Waals surface area (Å²) < 4.78 is 16.1. The molecule has 1 aromatic rings. The van der Waals surface area contributed by atoms with E-state index in [4.69, 9.17) is 19.2 Å². The SMILES string of the molecule is COc1ccc(CN=C[C@]23CC[C@@H](O)C[C@@]2(O)CC[C@@H]2[C@@H]3CC[C@]3(C)[C@@H](C4=CC(=O)OC4)CC[C@@]23O)cc1OC. The number of methoxy groups -OCH3 is 2. The normalized spacial score (nSPS) is 42.5. The van der Waals surface area contributed by atoms with E-state index in [2.05, 4.69) is 6.92 Å². The summed E-state index contributed by atoms with van der Waals surface area (Å²) in [5.74, 6) is 1.22. The monoisotopic (exact) mass is 553 g/mol. The smallest absolute Gasteiger partial charge is 0.331 e. The Morgan fingerprint density at radius 3 is 2.52 bits per heavy atom. The second-order valence-corrected chi connectivity index (χ2v) is 13.2. The van der Waals surface area contributed by atoms with Gasteiger partial charge in [0.2, 0.25) is 0 Å². The number of hydrogen-bond acceptors (Lipinski definition) is 8. The number of benzene rings is 1. The van der Waals surface area contributed by atoms with Crippen molar-refractivity contribution in [1.29, 1.82) is 0 Å². The molecule has 3 N–H and O–H groups in total. The molecule has 1 aliphatic heterocycles. The Bertz CT molecular complexity index is 1230. The first-order valence-electron chi connectivity index (χ1n) is 14.8. The van der Waals surface area contributed by atoms with Crippen LogP contribution in [0, 0.1) is 28.6 Å². The molecule has 8 nitrogen and oxygen atoms in total. The highest BCUT2D eigenvalue weighted by Gasteiger charge is 2.71. The zero-order valence-electron chi connectivity index (χ0n) is 23.9. The number of rotatable bonds is 6. The van der Waals surface area contributed by atoms with Gasteiger partial charge in [0, 0.05) is 29.5 Å². The molecular weight excluding hydrogens is 510 g/mol. The van der Waals surface area contributed by atoms with Crippen LogP contribution in [0.4, 0.5) is 0 Å². The minimum absolute atomic E-state index is 0.0120. The molecule has 5 aliphatic rings. The molecule has 8 heteroatoms. The molecule has 1 heterocycles. The maximum absolute atomic E-state index is 12.6. The fourth-order valence-electron chi connectivity index (χ4n) is 9.65. The van der Waals surface area contributed by atoms with Crippen molar-refractivity contribution in [2.24, 2.45) is 33.6 Å². The van der Waals surface area contributed by atoms with E-state index in [0.717, 1.165) is 30.4 Å². The minimum Gasteiger partial charge on any atom is -0.493 e. The van der Waals surface area contributed by atoms with Crippen molar-refractivity contribution >= 4 is 12.2 Å². The number of nitrogens with zero attached hydrogens (tertiary/aromatic N) is 1. The van der Waals surface area contributed by atoms with Gasteiger partial charge in [-0.05, 0) is 92.4 Å². The topological polar surface area (TPSA) is 118 Å². The summed E-state index contributed by atoms with van der Waals surface area (Å²) in [5.41, 5.74) is -0.937. The third-order valence-corrected chi connectivity index (χ3v) is 11.7. The quantitative estimate of drug-likeness (QED) is 0.360.